The Kier molecular flexibility index (Phi) is 5.71. The van der Waals surface area contributed by atoms with Crippen LogP contribution in [0.15, 0.2) is 48.1 Å². The lowest BCUT2D eigenvalue weighted by molar-refractivity contribution is 0.818. The summed E-state index contributed by atoms with van der Waals surface area (Å²) in [6, 6.07) is 5.84. The second kappa shape index (κ2) is 8.01. The van der Waals surface area contributed by atoms with E-state index in [1.807, 2.05) is 25.1 Å². The van der Waals surface area contributed by atoms with E-state index in [1.165, 1.54) is 0 Å². The average molecular weight is 300 g/mol. The molecular formula is C14H16N6S. The highest BCUT2D eigenvalue weighted by Crippen LogP contribution is 1.94. The Morgan fingerprint density at radius 2 is 2.14 bits per heavy atom. The number of pyridine rings is 1. The van der Waals surface area contributed by atoms with Crippen molar-refractivity contribution in [2.75, 3.05) is 6.54 Å². The van der Waals surface area contributed by atoms with Crippen molar-refractivity contribution in [2.24, 2.45) is 5.10 Å². The quantitative estimate of drug-likeness (QED) is 0.492. The molecule has 0 bridgehead atoms. The fraction of sp³-hybridized carbons (Fsp3) is 0.214. The van der Waals surface area contributed by atoms with Crippen molar-refractivity contribution >= 4 is 23.0 Å². The fourth-order valence-electron chi connectivity index (χ4n) is 1.57. The third kappa shape index (κ3) is 5.23. The molecule has 0 aliphatic carbocycles. The molecule has 0 amide bonds. The summed E-state index contributed by atoms with van der Waals surface area (Å²) in [4.78, 5) is 12.4. The van der Waals surface area contributed by atoms with Crippen LogP contribution < -0.4 is 10.7 Å². The lowest BCUT2D eigenvalue weighted by atomic mass is 10.3. The molecule has 2 heterocycles. The molecule has 0 aromatic carbocycles. The van der Waals surface area contributed by atoms with Crippen molar-refractivity contribution in [2.45, 2.75) is 13.3 Å². The Labute approximate surface area is 128 Å². The molecule has 0 spiro atoms. The summed E-state index contributed by atoms with van der Waals surface area (Å²) in [5.41, 5.74) is 5.24. The summed E-state index contributed by atoms with van der Waals surface area (Å²) < 4.78 is 0. The Bertz CT molecular complexity index is 599. The summed E-state index contributed by atoms with van der Waals surface area (Å²) >= 11 is 5.15. The maximum absolute atomic E-state index is 5.15. The van der Waals surface area contributed by atoms with Gasteiger partial charge in [0.25, 0.3) is 0 Å². The van der Waals surface area contributed by atoms with Gasteiger partial charge in [-0.25, -0.2) is 0 Å². The molecule has 21 heavy (non-hydrogen) atoms. The largest absolute Gasteiger partial charge is 0.361 e. The zero-order valence-corrected chi connectivity index (χ0v) is 12.5. The molecule has 2 rings (SSSR count). The van der Waals surface area contributed by atoms with Crippen LogP contribution >= 0.6 is 12.2 Å². The first-order valence-electron chi connectivity index (χ1n) is 6.50. The minimum absolute atomic E-state index is 0.467. The highest BCUT2D eigenvalue weighted by Gasteiger charge is 1.99. The van der Waals surface area contributed by atoms with Crippen LogP contribution in [0.5, 0.6) is 0 Å². The Balaban J connectivity index is 1.75. The number of rotatable bonds is 5. The number of aromatic nitrogens is 3. The Morgan fingerprint density at radius 3 is 2.86 bits per heavy atom. The topological polar surface area (TPSA) is 75.1 Å². The molecule has 6 nitrogen and oxygen atoms in total. The highest BCUT2D eigenvalue weighted by molar-refractivity contribution is 7.80. The van der Waals surface area contributed by atoms with Crippen molar-refractivity contribution in [3.8, 4) is 0 Å². The van der Waals surface area contributed by atoms with Crippen molar-refractivity contribution in [3.05, 3.63) is 54.4 Å². The first-order chi connectivity index (χ1) is 10.3. The standard InChI is InChI=1S/C14H16N6S/c1-11(13-10-15-8-9-17-13)19-20-14(21)18-7-5-12-4-2-3-6-16-12/h2-4,6,8-10H,5,7H2,1H3,(H2,18,20,21)/b19-11+. The normalized spacial score (nSPS) is 11.0. The third-order valence-electron chi connectivity index (χ3n) is 2.65. The fourth-order valence-corrected chi connectivity index (χ4v) is 1.72. The summed E-state index contributed by atoms with van der Waals surface area (Å²) in [7, 11) is 0. The minimum Gasteiger partial charge on any atom is -0.361 e. The number of thiocarbonyl (C=S) groups is 1. The van der Waals surface area contributed by atoms with Crippen molar-refractivity contribution in [1.82, 2.24) is 25.7 Å². The maximum Gasteiger partial charge on any atom is 0.186 e. The van der Waals surface area contributed by atoms with Gasteiger partial charge in [-0.1, -0.05) is 6.07 Å². The van der Waals surface area contributed by atoms with E-state index >= 15 is 0 Å². The van der Waals surface area contributed by atoms with Gasteiger partial charge in [0.1, 0.15) is 5.69 Å². The summed E-state index contributed by atoms with van der Waals surface area (Å²) in [5.74, 6) is 0. The molecule has 0 unspecified atom stereocenters. The van der Waals surface area contributed by atoms with Gasteiger partial charge in [0.05, 0.1) is 11.9 Å². The minimum atomic E-state index is 0.467. The number of hydrogen-bond acceptors (Lipinski definition) is 5. The van der Waals surface area contributed by atoms with E-state index in [9.17, 15) is 0 Å². The molecule has 0 aliphatic heterocycles. The van der Waals surface area contributed by atoms with Gasteiger partial charge in [-0.2, -0.15) is 5.10 Å². The molecule has 108 valence electrons. The first kappa shape index (κ1) is 15.0. The van der Waals surface area contributed by atoms with E-state index in [2.05, 4.69) is 30.8 Å². The molecule has 2 N–H and O–H groups in total. The van der Waals surface area contributed by atoms with Crippen molar-refractivity contribution in [3.63, 3.8) is 0 Å². The molecule has 7 heteroatoms. The molecule has 0 saturated carbocycles. The molecule has 0 aliphatic rings. The van der Waals surface area contributed by atoms with Crippen LogP contribution in [0.1, 0.15) is 18.3 Å². The zero-order chi connectivity index (χ0) is 14.9. The van der Waals surface area contributed by atoms with Gasteiger partial charge in [0.2, 0.25) is 0 Å². The van der Waals surface area contributed by atoms with Gasteiger partial charge >= 0.3 is 0 Å². The molecular weight excluding hydrogens is 284 g/mol. The molecule has 0 atom stereocenters. The number of nitrogens with zero attached hydrogens (tertiary/aromatic N) is 4. The van der Waals surface area contributed by atoms with Crippen LogP contribution in [-0.4, -0.2) is 32.3 Å². The van der Waals surface area contributed by atoms with Crippen molar-refractivity contribution in [1.29, 1.82) is 0 Å². The second-order valence-electron chi connectivity index (χ2n) is 4.23. The Morgan fingerprint density at radius 1 is 1.24 bits per heavy atom. The lowest BCUT2D eigenvalue weighted by Crippen LogP contribution is -2.34. The molecule has 0 fully saturated rings. The van der Waals surface area contributed by atoms with E-state index in [-0.39, 0.29) is 0 Å². The van der Waals surface area contributed by atoms with Crippen LogP contribution in [0.3, 0.4) is 0 Å². The van der Waals surface area contributed by atoms with E-state index in [0.717, 1.165) is 17.8 Å². The van der Waals surface area contributed by atoms with Crippen LogP contribution in [0, 0.1) is 0 Å². The van der Waals surface area contributed by atoms with Crippen LogP contribution in [-0.2, 0) is 6.42 Å². The first-order valence-corrected chi connectivity index (χ1v) is 6.91. The van der Waals surface area contributed by atoms with Gasteiger partial charge in [0.15, 0.2) is 5.11 Å². The van der Waals surface area contributed by atoms with Gasteiger partial charge < -0.3 is 5.32 Å². The predicted octanol–water partition coefficient (Wildman–Crippen LogP) is 1.30. The van der Waals surface area contributed by atoms with Gasteiger partial charge in [0, 0.05) is 37.3 Å². The molecule has 0 saturated heterocycles. The number of nitrogens with one attached hydrogen (secondary N) is 2. The third-order valence-corrected chi connectivity index (χ3v) is 2.89. The summed E-state index contributed by atoms with van der Waals surface area (Å²) in [5, 5.41) is 7.71. The van der Waals surface area contributed by atoms with E-state index < -0.39 is 0 Å². The summed E-state index contributed by atoms with van der Waals surface area (Å²) in [6.07, 6.45) is 7.47. The SMILES string of the molecule is C/C(=N\NC(=S)NCCc1ccccn1)c1cnccn1. The maximum atomic E-state index is 5.15. The smallest absolute Gasteiger partial charge is 0.186 e. The van der Waals surface area contributed by atoms with Crippen molar-refractivity contribution < 1.29 is 0 Å². The van der Waals surface area contributed by atoms with Gasteiger partial charge in [-0.05, 0) is 31.3 Å². The lowest BCUT2D eigenvalue weighted by Gasteiger charge is -2.07. The average Bonchev–Trinajstić information content (AvgIpc) is 2.54. The van der Waals surface area contributed by atoms with Crippen LogP contribution in [0.25, 0.3) is 0 Å². The molecule has 2 aromatic rings. The van der Waals surface area contributed by atoms with Gasteiger partial charge in [-0.15, -0.1) is 0 Å². The number of hydrazone groups is 1. The monoisotopic (exact) mass is 300 g/mol. The van der Waals surface area contributed by atoms with Crippen LogP contribution in [0.2, 0.25) is 0 Å². The molecule has 0 radical (unpaired) electrons. The summed E-state index contributed by atoms with van der Waals surface area (Å²) in [6.45, 7) is 2.54. The second-order valence-corrected chi connectivity index (χ2v) is 4.63. The number of hydrogen-bond donors (Lipinski definition) is 2. The predicted molar refractivity (Wildman–Crippen MR) is 85.9 cm³/mol. The molecule has 2 aromatic heterocycles. The van der Waals surface area contributed by atoms with E-state index in [1.54, 1.807) is 24.8 Å². The zero-order valence-electron chi connectivity index (χ0n) is 11.7. The van der Waals surface area contributed by atoms with E-state index in [0.29, 0.717) is 17.4 Å². The van der Waals surface area contributed by atoms with Gasteiger partial charge in [-0.3, -0.25) is 20.4 Å². The van der Waals surface area contributed by atoms with E-state index in [4.69, 9.17) is 12.2 Å². The van der Waals surface area contributed by atoms with Crippen LogP contribution in [0.4, 0.5) is 0 Å². The Hall–Kier alpha value is -2.41. The highest BCUT2D eigenvalue weighted by atomic mass is 32.1.